The Morgan fingerprint density at radius 1 is 1.00 bits per heavy atom. The molecule has 29 heavy (non-hydrogen) atoms. The van der Waals surface area contributed by atoms with Crippen LogP contribution in [0.1, 0.15) is 5.56 Å². The lowest BCUT2D eigenvalue weighted by atomic mass is 10.2. The summed E-state index contributed by atoms with van der Waals surface area (Å²) in [5.74, 6) is 1.66. The third kappa shape index (κ3) is 4.71. The highest BCUT2D eigenvalue weighted by Gasteiger charge is 2.31. The van der Waals surface area contributed by atoms with E-state index in [1.807, 2.05) is 24.3 Å². The molecule has 1 fully saturated rings. The number of hydrogen-bond donors (Lipinski definition) is 1. The summed E-state index contributed by atoms with van der Waals surface area (Å²) >= 11 is 0. The van der Waals surface area contributed by atoms with Gasteiger partial charge in [-0.25, -0.2) is 4.79 Å². The van der Waals surface area contributed by atoms with E-state index in [9.17, 15) is 9.59 Å². The van der Waals surface area contributed by atoms with Crippen LogP contribution in [0.15, 0.2) is 42.5 Å². The number of ether oxygens (including phenoxy) is 3. The fourth-order valence-electron chi connectivity index (χ4n) is 3.17. The van der Waals surface area contributed by atoms with Crippen molar-refractivity contribution >= 4 is 17.6 Å². The van der Waals surface area contributed by atoms with E-state index >= 15 is 0 Å². The lowest BCUT2D eigenvalue weighted by Gasteiger charge is -2.19. The van der Waals surface area contributed by atoms with Gasteiger partial charge in [-0.05, 0) is 29.8 Å². The Morgan fingerprint density at radius 3 is 2.52 bits per heavy atom. The van der Waals surface area contributed by atoms with Gasteiger partial charge in [0.25, 0.3) is 0 Å². The summed E-state index contributed by atoms with van der Waals surface area (Å²) < 4.78 is 15.7. The summed E-state index contributed by atoms with van der Waals surface area (Å²) in [6.07, 6.45) is 0. The second-order valence-corrected chi connectivity index (χ2v) is 6.52. The Labute approximate surface area is 170 Å². The van der Waals surface area contributed by atoms with Crippen molar-refractivity contribution in [1.29, 1.82) is 0 Å². The van der Waals surface area contributed by atoms with Crippen LogP contribution in [0.2, 0.25) is 0 Å². The number of benzene rings is 2. The first-order valence-electron chi connectivity index (χ1n) is 9.23. The molecule has 0 aromatic heterocycles. The van der Waals surface area contributed by atoms with E-state index in [0.29, 0.717) is 36.8 Å². The van der Waals surface area contributed by atoms with Crippen LogP contribution in [0.25, 0.3) is 0 Å². The van der Waals surface area contributed by atoms with Crippen LogP contribution in [0.4, 0.5) is 10.5 Å². The molecule has 1 aliphatic rings. The second-order valence-electron chi connectivity index (χ2n) is 6.52. The molecule has 0 radical (unpaired) electrons. The van der Waals surface area contributed by atoms with Crippen molar-refractivity contribution in [3.05, 3.63) is 48.0 Å². The standard InChI is InChI=1S/C21H25N3O5/c1-27-17-6-4-5-15(11-17)13-22-20(25)14-23-9-10-24(21(23)26)16-7-8-18(28-2)19(12-16)29-3/h4-8,11-12H,9-10,13-14H2,1-3H3,(H,22,25). The molecule has 1 saturated heterocycles. The smallest absolute Gasteiger partial charge is 0.325 e. The summed E-state index contributed by atoms with van der Waals surface area (Å²) in [7, 11) is 4.71. The van der Waals surface area contributed by atoms with Crippen LogP contribution in [0, 0.1) is 0 Å². The van der Waals surface area contributed by atoms with Crippen molar-refractivity contribution < 1.29 is 23.8 Å². The zero-order chi connectivity index (χ0) is 20.8. The molecular weight excluding hydrogens is 374 g/mol. The van der Waals surface area contributed by atoms with Gasteiger partial charge in [-0.3, -0.25) is 9.69 Å². The third-order valence-electron chi connectivity index (χ3n) is 4.73. The molecule has 3 rings (SSSR count). The minimum atomic E-state index is -0.214. The molecule has 0 aliphatic carbocycles. The largest absolute Gasteiger partial charge is 0.497 e. The van der Waals surface area contributed by atoms with Gasteiger partial charge in [0.05, 0.1) is 21.3 Å². The van der Waals surface area contributed by atoms with Gasteiger partial charge >= 0.3 is 6.03 Å². The fraction of sp³-hybridized carbons (Fsp3) is 0.333. The van der Waals surface area contributed by atoms with E-state index in [4.69, 9.17) is 14.2 Å². The van der Waals surface area contributed by atoms with Crippen molar-refractivity contribution in [3.63, 3.8) is 0 Å². The van der Waals surface area contributed by atoms with Gasteiger partial charge in [0.15, 0.2) is 11.5 Å². The molecule has 8 heteroatoms. The molecule has 1 N–H and O–H groups in total. The number of amides is 3. The van der Waals surface area contributed by atoms with E-state index < -0.39 is 0 Å². The third-order valence-corrected chi connectivity index (χ3v) is 4.73. The fourth-order valence-corrected chi connectivity index (χ4v) is 3.17. The molecule has 1 heterocycles. The number of carbonyl (C=O) groups is 2. The number of nitrogens with one attached hydrogen (secondary N) is 1. The number of rotatable bonds is 8. The minimum Gasteiger partial charge on any atom is -0.497 e. The van der Waals surface area contributed by atoms with Gasteiger partial charge in [0, 0.05) is 31.4 Å². The topological polar surface area (TPSA) is 80.3 Å². The van der Waals surface area contributed by atoms with Crippen LogP contribution in [-0.4, -0.2) is 57.8 Å². The Hall–Kier alpha value is -3.42. The minimum absolute atomic E-state index is 0.00654. The zero-order valence-corrected chi connectivity index (χ0v) is 16.8. The number of hydrogen-bond acceptors (Lipinski definition) is 5. The summed E-state index contributed by atoms with van der Waals surface area (Å²) in [5.41, 5.74) is 1.63. The van der Waals surface area contributed by atoms with E-state index in [1.165, 1.54) is 4.90 Å². The van der Waals surface area contributed by atoms with Gasteiger partial charge < -0.3 is 24.4 Å². The van der Waals surface area contributed by atoms with E-state index in [-0.39, 0.29) is 18.5 Å². The zero-order valence-electron chi connectivity index (χ0n) is 16.8. The maximum absolute atomic E-state index is 12.7. The second kappa shape index (κ2) is 9.18. The summed E-state index contributed by atoms with van der Waals surface area (Å²) in [6.45, 7) is 1.35. The molecule has 0 saturated carbocycles. The molecule has 2 aromatic rings. The van der Waals surface area contributed by atoms with Crippen LogP contribution < -0.4 is 24.4 Å². The van der Waals surface area contributed by atoms with Gasteiger partial charge in [-0.1, -0.05) is 12.1 Å². The number of methoxy groups -OCH3 is 3. The first kappa shape index (κ1) is 20.3. The Morgan fingerprint density at radius 2 is 1.79 bits per heavy atom. The van der Waals surface area contributed by atoms with Crippen molar-refractivity contribution in [1.82, 2.24) is 10.2 Å². The Kier molecular flexibility index (Phi) is 6.43. The Balaban J connectivity index is 1.57. The highest BCUT2D eigenvalue weighted by Crippen LogP contribution is 2.32. The summed E-state index contributed by atoms with van der Waals surface area (Å²) in [5, 5.41) is 2.84. The average molecular weight is 399 g/mol. The van der Waals surface area contributed by atoms with Crippen molar-refractivity contribution in [2.24, 2.45) is 0 Å². The molecule has 1 aliphatic heterocycles. The lowest BCUT2D eigenvalue weighted by Crippen LogP contribution is -2.39. The van der Waals surface area contributed by atoms with Crippen LogP contribution >= 0.6 is 0 Å². The molecule has 0 unspecified atom stereocenters. The molecule has 2 aromatic carbocycles. The van der Waals surface area contributed by atoms with Crippen molar-refractivity contribution in [2.75, 3.05) is 45.9 Å². The number of nitrogens with zero attached hydrogens (tertiary/aromatic N) is 2. The average Bonchev–Trinajstić information content (AvgIpc) is 3.11. The SMILES string of the molecule is COc1cccc(CNC(=O)CN2CCN(c3ccc(OC)c(OC)c3)C2=O)c1. The maximum Gasteiger partial charge on any atom is 0.325 e. The first-order valence-corrected chi connectivity index (χ1v) is 9.23. The van der Waals surface area contributed by atoms with Crippen molar-refractivity contribution in [3.8, 4) is 17.2 Å². The lowest BCUT2D eigenvalue weighted by molar-refractivity contribution is -0.121. The number of anilines is 1. The Bertz CT molecular complexity index is 886. The molecule has 3 amide bonds. The van der Waals surface area contributed by atoms with E-state index in [2.05, 4.69) is 5.32 Å². The molecule has 0 atom stereocenters. The summed E-state index contributed by atoms with van der Waals surface area (Å²) in [4.78, 5) is 28.2. The van der Waals surface area contributed by atoms with Crippen LogP contribution in [0.5, 0.6) is 17.2 Å². The molecule has 8 nitrogen and oxygen atoms in total. The van der Waals surface area contributed by atoms with Gasteiger partial charge in [-0.15, -0.1) is 0 Å². The van der Waals surface area contributed by atoms with Crippen LogP contribution in [-0.2, 0) is 11.3 Å². The van der Waals surface area contributed by atoms with Crippen LogP contribution in [0.3, 0.4) is 0 Å². The molecular formula is C21H25N3O5. The normalized spacial score (nSPS) is 13.4. The number of carbonyl (C=O) groups excluding carboxylic acids is 2. The quantitative estimate of drug-likeness (QED) is 0.737. The molecule has 0 spiro atoms. The van der Waals surface area contributed by atoms with Gasteiger partial charge in [0.2, 0.25) is 5.91 Å². The van der Waals surface area contributed by atoms with Gasteiger partial charge in [-0.2, -0.15) is 0 Å². The molecule has 0 bridgehead atoms. The highest BCUT2D eigenvalue weighted by molar-refractivity contribution is 5.96. The first-order chi connectivity index (χ1) is 14.0. The van der Waals surface area contributed by atoms with Crippen molar-refractivity contribution in [2.45, 2.75) is 6.54 Å². The van der Waals surface area contributed by atoms with E-state index in [1.54, 1.807) is 44.4 Å². The predicted molar refractivity (Wildman–Crippen MR) is 109 cm³/mol. The monoisotopic (exact) mass is 399 g/mol. The highest BCUT2D eigenvalue weighted by atomic mass is 16.5. The number of urea groups is 1. The summed E-state index contributed by atoms with van der Waals surface area (Å²) in [6, 6.07) is 12.6. The van der Waals surface area contributed by atoms with E-state index in [0.717, 1.165) is 11.3 Å². The molecule has 154 valence electrons. The maximum atomic E-state index is 12.7. The van der Waals surface area contributed by atoms with Gasteiger partial charge in [0.1, 0.15) is 12.3 Å². The predicted octanol–water partition coefficient (Wildman–Crippen LogP) is 2.27.